The van der Waals surface area contributed by atoms with E-state index in [1.165, 1.54) is 0 Å². The van der Waals surface area contributed by atoms with E-state index < -0.39 is 0 Å². The minimum absolute atomic E-state index is 0.152. The number of carbonyl (C=O) groups excluding carboxylic acids is 1. The molecule has 0 aliphatic carbocycles. The molecule has 0 rings (SSSR count). The van der Waals surface area contributed by atoms with Crippen molar-refractivity contribution in [2.45, 2.75) is 59.0 Å². The first-order valence-electron chi connectivity index (χ1n) is 5.62. The molecule has 1 amide bonds. The van der Waals surface area contributed by atoms with Crippen molar-refractivity contribution in [1.29, 1.82) is 0 Å². The summed E-state index contributed by atoms with van der Waals surface area (Å²) < 4.78 is 0. The minimum Gasteiger partial charge on any atom is -0.354 e. The zero-order valence-electron chi connectivity index (χ0n) is 9.89. The normalized spacial score (nSPS) is 14.9. The number of nitrogens with one attached hydrogen (secondary N) is 2. The van der Waals surface area contributed by atoms with E-state index in [4.69, 9.17) is 0 Å². The molecule has 3 nitrogen and oxygen atoms in total. The van der Waals surface area contributed by atoms with Crippen LogP contribution in [0, 0.1) is 0 Å². The van der Waals surface area contributed by atoms with Gasteiger partial charge in [-0.1, -0.05) is 20.3 Å². The van der Waals surface area contributed by atoms with E-state index in [0.717, 1.165) is 19.4 Å². The maximum absolute atomic E-state index is 11.5. The summed E-state index contributed by atoms with van der Waals surface area (Å²) >= 11 is 0. The van der Waals surface area contributed by atoms with Crippen LogP contribution in [-0.2, 0) is 4.79 Å². The van der Waals surface area contributed by atoms with Crippen molar-refractivity contribution in [3.63, 3.8) is 0 Å². The summed E-state index contributed by atoms with van der Waals surface area (Å²) in [5.41, 5.74) is 0. The molecule has 84 valence electrons. The van der Waals surface area contributed by atoms with Gasteiger partial charge in [0.25, 0.3) is 0 Å². The first-order valence-corrected chi connectivity index (χ1v) is 5.62. The molecule has 3 heteroatoms. The molecule has 0 heterocycles. The molecule has 0 aromatic rings. The van der Waals surface area contributed by atoms with Gasteiger partial charge in [-0.2, -0.15) is 0 Å². The lowest BCUT2D eigenvalue weighted by atomic mass is 10.1. The first-order chi connectivity index (χ1) is 6.60. The predicted molar refractivity (Wildman–Crippen MR) is 60.3 cm³/mol. The molecular formula is C11H24N2O. The standard InChI is InChI=1S/C11H24N2O/c1-5-7-9(3)13-11(14)8-10(4)12-6-2/h9-10,12H,5-8H2,1-4H3,(H,13,14). The molecule has 0 spiro atoms. The highest BCUT2D eigenvalue weighted by molar-refractivity contribution is 5.76. The van der Waals surface area contributed by atoms with Gasteiger partial charge >= 0.3 is 0 Å². The van der Waals surface area contributed by atoms with Crippen molar-refractivity contribution in [3.05, 3.63) is 0 Å². The highest BCUT2D eigenvalue weighted by Crippen LogP contribution is 1.97. The fourth-order valence-electron chi connectivity index (χ4n) is 1.54. The van der Waals surface area contributed by atoms with Crippen LogP contribution in [0.5, 0.6) is 0 Å². The molecular weight excluding hydrogens is 176 g/mol. The summed E-state index contributed by atoms with van der Waals surface area (Å²) in [7, 11) is 0. The van der Waals surface area contributed by atoms with Crippen LogP contribution in [0.4, 0.5) is 0 Å². The summed E-state index contributed by atoms with van der Waals surface area (Å²) in [5, 5.41) is 6.21. The fraction of sp³-hybridized carbons (Fsp3) is 0.909. The summed E-state index contributed by atoms with van der Waals surface area (Å²) in [6, 6.07) is 0.579. The molecule has 2 atom stereocenters. The second-order valence-electron chi connectivity index (χ2n) is 3.92. The Labute approximate surface area is 87.6 Å². The molecule has 0 aromatic carbocycles. The van der Waals surface area contributed by atoms with Gasteiger partial charge < -0.3 is 10.6 Å². The lowest BCUT2D eigenvalue weighted by Crippen LogP contribution is -2.37. The Balaban J connectivity index is 3.63. The van der Waals surface area contributed by atoms with Crippen LogP contribution in [-0.4, -0.2) is 24.5 Å². The van der Waals surface area contributed by atoms with E-state index in [9.17, 15) is 4.79 Å². The minimum atomic E-state index is 0.152. The summed E-state index contributed by atoms with van der Waals surface area (Å²) in [4.78, 5) is 11.5. The highest BCUT2D eigenvalue weighted by atomic mass is 16.1. The van der Waals surface area contributed by atoms with Gasteiger partial charge in [0.1, 0.15) is 0 Å². The molecule has 0 bridgehead atoms. The van der Waals surface area contributed by atoms with E-state index in [2.05, 4.69) is 24.5 Å². The second kappa shape index (κ2) is 7.80. The van der Waals surface area contributed by atoms with Gasteiger partial charge in [0, 0.05) is 18.5 Å². The second-order valence-corrected chi connectivity index (χ2v) is 3.92. The van der Waals surface area contributed by atoms with Crippen LogP contribution in [0.3, 0.4) is 0 Å². The molecule has 0 fully saturated rings. The molecule has 2 N–H and O–H groups in total. The third-order valence-electron chi connectivity index (χ3n) is 2.17. The Hall–Kier alpha value is -0.570. The maximum Gasteiger partial charge on any atom is 0.221 e. The average molecular weight is 200 g/mol. The topological polar surface area (TPSA) is 41.1 Å². The van der Waals surface area contributed by atoms with E-state index in [-0.39, 0.29) is 11.9 Å². The summed E-state index contributed by atoms with van der Waals surface area (Å²) in [6.45, 7) is 9.18. The van der Waals surface area contributed by atoms with E-state index in [1.807, 2.05) is 13.8 Å². The van der Waals surface area contributed by atoms with Crippen molar-refractivity contribution in [2.24, 2.45) is 0 Å². The molecule has 2 unspecified atom stereocenters. The van der Waals surface area contributed by atoms with Crippen molar-refractivity contribution in [1.82, 2.24) is 10.6 Å². The highest BCUT2D eigenvalue weighted by Gasteiger charge is 2.09. The van der Waals surface area contributed by atoms with Crippen LogP contribution < -0.4 is 10.6 Å². The summed E-state index contributed by atoms with van der Waals surface area (Å²) in [5.74, 6) is 0.152. The van der Waals surface area contributed by atoms with E-state index in [1.54, 1.807) is 0 Å². The number of amides is 1. The van der Waals surface area contributed by atoms with Crippen molar-refractivity contribution in [3.8, 4) is 0 Å². The SMILES string of the molecule is CCCC(C)NC(=O)CC(C)NCC. The van der Waals surface area contributed by atoms with E-state index >= 15 is 0 Å². The van der Waals surface area contributed by atoms with Gasteiger partial charge in [-0.3, -0.25) is 4.79 Å². The Morgan fingerprint density at radius 2 is 1.86 bits per heavy atom. The Morgan fingerprint density at radius 3 is 2.36 bits per heavy atom. The molecule has 0 saturated heterocycles. The van der Waals surface area contributed by atoms with Crippen molar-refractivity contribution < 1.29 is 4.79 Å². The zero-order valence-corrected chi connectivity index (χ0v) is 9.89. The fourth-order valence-corrected chi connectivity index (χ4v) is 1.54. The largest absolute Gasteiger partial charge is 0.354 e. The van der Waals surface area contributed by atoms with Gasteiger partial charge in [-0.05, 0) is 26.8 Å². The van der Waals surface area contributed by atoms with Crippen LogP contribution in [0.25, 0.3) is 0 Å². The van der Waals surface area contributed by atoms with Crippen molar-refractivity contribution in [2.75, 3.05) is 6.54 Å². The first kappa shape index (κ1) is 13.4. The van der Waals surface area contributed by atoms with Gasteiger partial charge in [-0.15, -0.1) is 0 Å². The van der Waals surface area contributed by atoms with Crippen LogP contribution >= 0.6 is 0 Å². The predicted octanol–water partition coefficient (Wildman–Crippen LogP) is 1.68. The average Bonchev–Trinajstić information content (AvgIpc) is 2.03. The number of hydrogen-bond acceptors (Lipinski definition) is 2. The molecule has 0 aliphatic heterocycles. The van der Waals surface area contributed by atoms with Gasteiger partial charge in [-0.25, -0.2) is 0 Å². The van der Waals surface area contributed by atoms with Gasteiger partial charge in [0.2, 0.25) is 5.91 Å². The molecule has 0 aromatic heterocycles. The third kappa shape index (κ3) is 6.89. The molecule has 0 saturated carbocycles. The zero-order chi connectivity index (χ0) is 11.0. The van der Waals surface area contributed by atoms with Crippen LogP contribution in [0.2, 0.25) is 0 Å². The van der Waals surface area contributed by atoms with E-state index in [0.29, 0.717) is 12.5 Å². The smallest absolute Gasteiger partial charge is 0.221 e. The molecule has 0 aliphatic rings. The van der Waals surface area contributed by atoms with Crippen LogP contribution in [0.1, 0.15) is 47.0 Å². The monoisotopic (exact) mass is 200 g/mol. The molecule has 0 radical (unpaired) electrons. The quantitative estimate of drug-likeness (QED) is 0.656. The van der Waals surface area contributed by atoms with Crippen molar-refractivity contribution >= 4 is 5.91 Å². The third-order valence-corrected chi connectivity index (χ3v) is 2.17. The number of carbonyl (C=O) groups is 1. The summed E-state index contributed by atoms with van der Waals surface area (Å²) in [6.07, 6.45) is 2.74. The molecule has 14 heavy (non-hydrogen) atoms. The number of rotatable bonds is 7. The van der Waals surface area contributed by atoms with Crippen LogP contribution in [0.15, 0.2) is 0 Å². The lowest BCUT2D eigenvalue weighted by Gasteiger charge is -2.15. The number of hydrogen-bond donors (Lipinski definition) is 2. The van der Waals surface area contributed by atoms with Gasteiger partial charge in [0.15, 0.2) is 0 Å². The Bertz CT molecular complexity index is 143. The maximum atomic E-state index is 11.5. The Morgan fingerprint density at radius 1 is 1.21 bits per heavy atom. The lowest BCUT2D eigenvalue weighted by molar-refractivity contribution is -0.122. The van der Waals surface area contributed by atoms with Gasteiger partial charge in [0.05, 0.1) is 0 Å². The Kier molecular flexibility index (Phi) is 7.48.